The number of nitrogens with one attached hydrogen (secondary N) is 1. The molecule has 2 aromatic rings. The second-order valence-corrected chi connectivity index (χ2v) is 5.03. The largest absolute Gasteiger partial charge is 0.507 e. The van der Waals surface area contributed by atoms with E-state index >= 15 is 0 Å². The van der Waals surface area contributed by atoms with Crippen molar-refractivity contribution in [1.82, 2.24) is 0 Å². The Kier molecular flexibility index (Phi) is 4.06. The molecular formula is C14H15NO3S. The highest BCUT2D eigenvalue weighted by molar-refractivity contribution is 7.81. The fourth-order valence-corrected chi connectivity index (χ4v) is 2.33. The molecule has 0 aromatic heterocycles. The summed E-state index contributed by atoms with van der Waals surface area (Å²) in [6.45, 7) is 3.57. The highest BCUT2D eigenvalue weighted by atomic mass is 32.2. The van der Waals surface area contributed by atoms with Crippen molar-refractivity contribution in [2.75, 3.05) is 4.72 Å². The van der Waals surface area contributed by atoms with Crippen molar-refractivity contribution in [2.45, 2.75) is 13.8 Å². The summed E-state index contributed by atoms with van der Waals surface area (Å²) in [5.41, 5.74) is 2.08. The van der Waals surface area contributed by atoms with Gasteiger partial charge in [-0.3, -0.25) is 4.72 Å². The van der Waals surface area contributed by atoms with Crippen molar-refractivity contribution in [3.05, 3.63) is 53.6 Å². The predicted octanol–water partition coefficient (Wildman–Crippen LogP) is 3.08. The number of anilines is 1. The number of aryl methyl sites for hydroxylation is 2. The molecule has 0 fully saturated rings. The quantitative estimate of drug-likeness (QED) is 0.844. The van der Waals surface area contributed by atoms with E-state index in [1.807, 2.05) is 6.07 Å². The summed E-state index contributed by atoms with van der Waals surface area (Å²) < 4.78 is 19.8. The zero-order chi connectivity index (χ0) is 13.8. The first-order chi connectivity index (χ1) is 9.06. The lowest BCUT2D eigenvalue weighted by Crippen LogP contribution is -2.11. The van der Waals surface area contributed by atoms with Gasteiger partial charge in [0.05, 0.1) is 5.69 Å². The SMILES string of the molecule is Cc1cc(NS(=O)Oc2ccccc2)cc(C)c1O. The molecule has 100 valence electrons. The molecule has 0 amide bonds. The van der Waals surface area contributed by atoms with Gasteiger partial charge in [0.1, 0.15) is 11.5 Å². The van der Waals surface area contributed by atoms with Crippen molar-refractivity contribution in [3.63, 3.8) is 0 Å². The molecule has 2 aromatic carbocycles. The van der Waals surface area contributed by atoms with Crippen LogP contribution in [0, 0.1) is 13.8 Å². The average molecular weight is 277 g/mol. The topological polar surface area (TPSA) is 58.6 Å². The summed E-state index contributed by atoms with van der Waals surface area (Å²) in [5.74, 6) is 0.779. The molecule has 19 heavy (non-hydrogen) atoms. The third-order valence-corrected chi connectivity index (χ3v) is 3.35. The van der Waals surface area contributed by atoms with Gasteiger partial charge in [-0.25, -0.2) is 0 Å². The normalized spacial score (nSPS) is 11.9. The molecule has 1 atom stereocenters. The van der Waals surface area contributed by atoms with Gasteiger partial charge in [-0.05, 0) is 49.2 Å². The smallest absolute Gasteiger partial charge is 0.316 e. The number of phenols is 1. The highest BCUT2D eigenvalue weighted by Crippen LogP contribution is 2.26. The first-order valence-corrected chi connectivity index (χ1v) is 6.86. The molecule has 0 aliphatic carbocycles. The summed E-state index contributed by atoms with van der Waals surface area (Å²) in [4.78, 5) is 0. The van der Waals surface area contributed by atoms with Gasteiger partial charge in [-0.2, -0.15) is 4.21 Å². The zero-order valence-electron chi connectivity index (χ0n) is 10.7. The first kappa shape index (κ1) is 13.4. The molecule has 1 unspecified atom stereocenters. The van der Waals surface area contributed by atoms with E-state index in [1.54, 1.807) is 50.2 Å². The van der Waals surface area contributed by atoms with Gasteiger partial charge in [-0.15, -0.1) is 0 Å². The van der Waals surface area contributed by atoms with Crippen LogP contribution in [0.4, 0.5) is 5.69 Å². The summed E-state index contributed by atoms with van der Waals surface area (Å²) in [6.07, 6.45) is 0. The third-order valence-electron chi connectivity index (χ3n) is 2.61. The maximum Gasteiger partial charge on any atom is 0.316 e. The van der Waals surface area contributed by atoms with E-state index in [0.29, 0.717) is 11.4 Å². The van der Waals surface area contributed by atoms with Gasteiger partial charge in [-0.1, -0.05) is 18.2 Å². The van der Waals surface area contributed by atoms with Gasteiger partial charge in [0, 0.05) is 0 Å². The minimum Gasteiger partial charge on any atom is -0.507 e. The van der Waals surface area contributed by atoms with Crippen LogP contribution in [0.2, 0.25) is 0 Å². The van der Waals surface area contributed by atoms with E-state index in [4.69, 9.17) is 4.18 Å². The van der Waals surface area contributed by atoms with Crippen molar-refractivity contribution >= 4 is 17.0 Å². The minimum absolute atomic E-state index is 0.250. The molecule has 2 N–H and O–H groups in total. The van der Waals surface area contributed by atoms with E-state index in [2.05, 4.69) is 4.72 Å². The van der Waals surface area contributed by atoms with Gasteiger partial charge in [0.15, 0.2) is 0 Å². The van der Waals surface area contributed by atoms with Gasteiger partial charge >= 0.3 is 11.3 Å². The summed E-state index contributed by atoms with van der Waals surface area (Å²) in [7, 11) is 0. The maximum atomic E-state index is 11.8. The molecule has 0 aliphatic heterocycles. The Hall–Kier alpha value is -2.01. The molecule has 0 saturated heterocycles. The van der Waals surface area contributed by atoms with E-state index in [1.165, 1.54) is 0 Å². The zero-order valence-corrected chi connectivity index (χ0v) is 11.5. The maximum absolute atomic E-state index is 11.8. The van der Waals surface area contributed by atoms with Crippen molar-refractivity contribution in [2.24, 2.45) is 0 Å². The van der Waals surface area contributed by atoms with Crippen molar-refractivity contribution in [3.8, 4) is 11.5 Å². The van der Waals surface area contributed by atoms with Crippen molar-refractivity contribution in [1.29, 1.82) is 0 Å². The molecule has 0 heterocycles. The summed E-state index contributed by atoms with van der Waals surface area (Å²) in [6, 6.07) is 12.4. The van der Waals surface area contributed by atoms with Gasteiger partial charge < -0.3 is 9.29 Å². The van der Waals surface area contributed by atoms with Crippen LogP contribution in [0.5, 0.6) is 11.5 Å². The second kappa shape index (κ2) is 5.75. The lowest BCUT2D eigenvalue weighted by atomic mass is 10.1. The molecular weight excluding hydrogens is 262 g/mol. The van der Waals surface area contributed by atoms with E-state index in [9.17, 15) is 9.32 Å². The van der Waals surface area contributed by atoms with E-state index < -0.39 is 11.3 Å². The van der Waals surface area contributed by atoms with Crippen LogP contribution in [0.1, 0.15) is 11.1 Å². The number of rotatable bonds is 4. The van der Waals surface area contributed by atoms with Crippen LogP contribution in [0.15, 0.2) is 42.5 Å². The van der Waals surface area contributed by atoms with Crippen LogP contribution >= 0.6 is 0 Å². The third kappa shape index (κ3) is 3.48. The molecule has 0 radical (unpaired) electrons. The minimum atomic E-state index is -1.68. The lowest BCUT2D eigenvalue weighted by Gasteiger charge is -2.10. The molecule has 0 aliphatic rings. The van der Waals surface area contributed by atoms with Gasteiger partial charge in [0.2, 0.25) is 0 Å². The van der Waals surface area contributed by atoms with Crippen LogP contribution in [0.3, 0.4) is 0 Å². The number of hydrogen-bond donors (Lipinski definition) is 2. The molecule has 4 nitrogen and oxygen atoms in total. The van der Waals surface area contributed by atoms with Crippen molar-refractivity contribution < 1.29 is 13.5 Å². The molecule has 2 rings (SSSR count). The average Bonchev–Trinajstić information content (AvgIpc) is 2.37. The van der Waals surface area contributed by atoms with Crippen LogP contribution in [0.25, 0.3) is 0 Å². The Morgan fingerprint density at radius 1 is 1.11 bits per heavy atom. The Morgan fingerprint density at radius 3 is 2.26 bits per heavy atom. The van der Waals surface area contributed by atoms with Gasteiger partial charge in [0.25, 0.3) is 0 Å². The number of aromatic hydroxyl groups is 1. The molecule has 0 spiro atoms. The number of phenolic OH excluding ortho intramolecular Hbond substituents is 1. The Morgan fingerprint density at radius 2 is 1.68 bits per heavy atom. The molecule has 5 heteroatoms. The first-order valence-electron chi connectivity index (χ1n) is 5.78. The standard InChI is InChI=1S/C14H15NO3S/c1-10-8-12(9-11(2)14(10)16)15-19(17)18-13-6-4-3-5-7-13/h3-9,15-16H,1-2H3. The van der Waals surface area contributed by atoms with E-state index in [0.717, 1.165) is 11.1 Å². The Balaban J connectivity index is 2.07. The van der Waals surface area contributed by atoms with Crippen LogP contribution in [-0.2, 0) is 11.3 Å². The predicted molar refractivity (Wildman–Crippen MR) is 76.4 cm³/mol. The second-order valence-electron chi connectivity index (χ2n) is 4.19. The molecule has 0 bridgehead atoms. The fourth-order valence-electron chi connectivity index (χ4n) is 1.70. The van der Waals surface area contributed by atoms with Crippen LogP contribution < -0.4 is 8.91 Å². The fraction of sp³-hybridized carbons (Fsp3) is 0.143. The summed E-state index contributed by atoms with van der Waals surface area (Å²) >= 11 is -1.68. The number of benzene rings is 2. The highest BCUT2D eigenvalue weighted by Gasteiger charge is 2.07. The number of para-hydroxylation sites is 1. The van der Waals surface area contributed by atoms with Crippen LogP contribution in [-0.4, -0.2) is 9.32 Å². The monoisotopic (exact) mass is 277 g/mol. The number of hydrogen-bond acceptors (Lipinski definition) is 3. The van der Waals surface area contributed by atoms with E-state index in [-0.39, 0.29) is 5.75 Å². The lowest BCUT2D eigenvalue weighted by molar-refractivity contribution is 0.467. The Bertz CT molecular complexity index is 576. The Labute approximate surface area is 114 Å². The molecule has 0 saturated carbocycles. The summed E-state index contributed by atoms with van der Waals surface area (Å²) in [5, 5.41) is 9.67.